The topological polar surface area (TPSA) is 30.0 Å². The summed E-state index contributed by atoms with van der Waals surface area (Å²) in [6, 6.07) is 23.1. The Kier molecular flexibility index (Phi) is 6.11. The molecule has 2 heteroatoms. The summed E-state index contributed by atoms with van der Waals surface area (Å²) in [4.78, 5) is 16.1. The summed E-state index contributed by atoms with van der Waals surface area (Å²) in [5.74, 6) is 0.286. The molecule has 0 aliphatic heterocycles. The van der Waals surface area contributed by atoms with Gasteiger partial charge in [0.1, 0.15) is 5.78 Å². The van der Waals surface area contributed by atoms with Crippen molar-refractivity contribution >= 4 is 5.78 Å². The number of Topliss-reactive ketones (excluding diaryl/α,β-unsaturated/α-hetero) is 1. The van der Waals surface area contributed by atoms with Crippen LogP contribution >= 0.6 is 0 Å². The van der Waals surface area contributed by atoms with Crippen LogP contribution in [0, 0.1) is 0 Å². The van der Waals surface area contributed by atoms with Crippen LogP contribution in [0.5, 0.6) is 0 Å². The smallest absolute Gasteiger partial charge is 0.137 e. The highest BCUT2D eigenvalue weighted by atomic mass is 16.1. The molecule has 2 nitrogen and oxygen atoms in total. The van der Waals surface area contributed by atoms with Gasteiger partial charge in [-0.15, -0.1) is 0 Å². The molecular formula is C23H23NO. The van der Waals surface area contributed by atoms with Gasteiger partial charge >= 0.3 is 0 Å². The Hall–Kier alpha value is -2.74. The first-order valence-electron chi connectivity index (χ1n) is 8.82. The van der Waals surface area contributed by atoms with Crippen LogP contribution < -0.4 is 0 Å². The van der Waals surface area contributed by atoms with Gasteiger partial charge in [0.05, 0.1) is 0 Å². The largest absolute Gasteiger partial charge is 0.299 e. The number of aryl methyl sites for hydroxylation is 1. The Bertz CT molecular complexity index is 779. The third-order valence-electron chi connectivity index (χ3n) is 4.32. The Morgan fingerprint density at radius 1 is 0.760 bits per heavy atom. The summed E-state index contributed by atoms with van der Waals surface area (Å²) in [5.41, 5.74) is 4.95. The molecule has 1 aromatic heterocycles. The molecule has 0 aliphatic rings. The minimum atomic E-state index is 0.286. The molecule has 0 amide bonds. The normalized spacial score (nSPS) is 10.6. The first kappa shape index (κ1) is 17.1. The van der Waals surface area contributed by atoms with Crippen molar-refractivity contribution in [2.75, 3.05) is 0 Å². The summed E-state index contributed by atoms with van der Waals surface area (Å²) in [6.07, 6.45) is 7.43. The highest BCUT2D eigenvalue weighted by molar-refractivity contribution is 5.80. The maximum absolute atomic E-state index is 12.0. The molecule has 0 atom stereocenters. The number of hydrogen-bond acceptors (Lipinski definition) is 2. The molecule has 2 aromatic carbocycles. The van der Waals surface area contributed by atoms with Crippen molar-refractivity contribution in [1.82, 2.24) is 4.98 Å². The zero-order valence-corrected chi connectivity index (χ0v) is 14.4. The predicted molar refractivity (Wildman–Crippen MR) is 102 cm³/mol. The SMILES string of the molecule is O=C(CCCc1ccc(Cc2ccccc2)cc1)Cc1cccnc1. The fourth-order valence-corrected chi connectivity index (χ4v) is 2.96. The van der Waals surface area contributed by atoms with Crippen molar-refractivity contribution in [1.29, 1.82) is 0 Å². The van der Waals surface area contributed by atoms with E-state index in [0.29, 0.717) is 12.8 Å². The Labute approximate surface area is 149 Å². The zero-order valence-electron chi connectivity index (χ0n) is 14.4. The van der Waals surface area contributed by atoms with Gasteiger partial charge in [0.15, 0.2) is 0 Å². The van der Waals surface area contributed by atoms with Crippen LogP contribution in [0.15, 0.2) is 79.1 Å². The lowest BCUT2D eigenvalue weighted by atomic mass is 10.0. The van der Waals surface area contributed by atoms with Crippen molar-refractivity contribution in [2.24, 2.45) is 0 Å². The molecule has 126 valence electrons. The van der Waals surface area contributed by atoms with Crippen molar-refractivity contribution in [2.45, 2.75) is 32.1 Å². The van der Waals surface area contributed by atoms with Gasteiger partial charge in [-0.2, -0.15) is 0 Å². The van der Waals surface area contributed by atoms with Gasteiger partial charge in [0, 0.05) is 25.2 Å². The van der Waals surface area contributed by atoms with Crippen LogP contribution in [0.1, 0.15) is 35.1 Å². The van der Waals surface area contributed by atoms with E-state index < -0.39 is 0 Å². The summed E-state index contributed by atoms with van der Waals surface area (Å²) >= 11 is 0. The first-order valence-corrected chi connectivity index (χ1v) is 8.82. The number of nitrogens with zero attached hydrogens (tertiary/aromatic N) is 1. The molecule has 25 heavy (non-hydrogen) atoms. The van der Waals surface area contributed by atoms with Crippen LogP contribution in [0.2, 0.25) is 0 Å². The number of rotatable bonds is 8. The fraction of sp³-hybridized carbons (Fsp3) is 0.217. The molecule has 0 saturated carbocycles. The number of pyridine rings is 1. The van der Waals surface area contributed by atoms with Crippen LogP contribution in [0.3, 0.4) is 0 Å². The van der Waals surface area contributed by atoms with E-state index in [-0.39, 0.29) is 5.78 Å². The monoisotopic (exact) mass is 329 g/mol. The highest BCUT2D eigenvalue weighted by Crippen LogP contribution is 2.13. The molecule has 0 bridgehead atoms. The van der Waals surface area contributed by atoms with E-state index in [0.717, 1.165) is 24.8 Å². The molecule has 0 fully saturated rings. The molecule has 0 spiro atoms. The summed E-state index contributed by atoms with van der Waals surface area (Å²) in [5, 5.41) is 0. The van der Waals surface area contributed by atoms with Crippen molar-refractivity contribution in [3.05, 3.63) is 101 Å². The number of aromatic nitrogens is 1. The first-order chi connectivity index (χ1) is 12.3. The quantitative estimate of drug-likeness (QED) is 0.594. The van der Waals surface area contributed by atoms with Crippen molar-refractivity contribution < 1.29 is 4.79 Å². The standard InChI is InChI=1S/C23H23NO/c25-23(17-22-9-5-15-24-18-22)10-4-8-19-11-13-21(14-12-19)16-20-6-2-1-3-7-20/h1-3,5-7,9,11-15,18H,4,8,10,16-17H2. The van der Waals surface area contributed by atoms with Crippen LogP contribution in [-0.2, 0) is 24.1 Å². The highest BCUT2D eigenvalue weighted by Gasteiger charge is 2.04. The van der Waals surface area contributed by atoms with E-state index in [9.17, 15) is 4.79 Å². The van der Waals surface area contributed by atoms with Gasteiger partial charge < -0.3 is 0 Å². The summed E-state index contributed by atoms with van der Waals surface area (Å²) < 4.78 is 0. The Morgan fingerprint density at radius 2 is 1.44 bits per heavy atom. The average Bonchev–Trinajstić information content (AvgIpc) is 2.65. The molecule has 0 radical (unpaired) electrons. The maximum Gasteiger partial charge on any atom is 0.137 e. The molecule has 3 aromatic rings. The van der Waals surface area contributed by atoms with Crippen molar-refractivity contribution in [3.63, 3.8) is 0 Å². The van der Waals surface area contributed by atoms with E-state index in [1.54, 1.807) is 12.4 Å². The third-order valence-corrected chi connectivity index (χ3v) is 4.32. The Balaban J connectivity index is 1.43. The molecular weight excluding hydrogens is 306 g/mol. The fourth-order valence-electron chi connectivity index (χ4n) is 2.96. The Morgan fingerprint density at radius 3 is 2.16 bits per heavy atom. The van der Waals surface area contributed by atoms with Crippen molar-refractivity contribution in [3.8, 4) is 0 Å². The second-order valence-corrected chi connectivity index (χ2v) is 6.41. The molecule has 0 N–H and O–H groups in total. The number of hydrogen-bond donors (Lipinski definition) is 0. The van der Waals surface area contributed by atoms with Crippen LogP contribution in [0.4, 0.5) is 0 Å². The van der Waals surface area contributed by atoms with E-state index in [1.807, 2.05) is 18.2 Å². The van der Waals surface area contributed by atoms with E-state index in [4.69, 9.17) is 0 Å². The van der Waals surface area contributed by atoms with Gasteiger partial charge in [-0.25, -0.2) is 0 Å². The summed E-state index contributed by atoms with van der Waals surface area (Å²) in [7, 11) is 0. The number of carbonyl (C=O) groups is 1. The average molecular weight is 329 g/mol. The zero-order chi connectivity index (χ0) is 17.3. The minimum Gasteiger partial charge on any atom is -0.299 e. The molecule has 0 unspecified atom stereocenters. The van der Waals surface area contributed by atoms with E-state index >= 15 is 0 Å². The number of carbonyl (C=O) groups excluding carboxylic acids is 1. The molecule has 0 aliphatic carbocycles. The van der Waals surface area contributed by atoms with Crippen LogP contribution in [0.25, 0.3) is 0 Å². The molecule has 1 heterocycles. The third kappa shape index (κ3) is 5.68. The van der Waals surface area contributed by atoms with Gasteiger partial charge in [0.25, 0.3) is 0 Å². The maximum atomic E-state index is 12.0. The van der Waals surface area contributed by atoms with Gasteiger partial charge in [0.2, 0.25) is 0 Å². The van der Waals surface area contributed by atoms with Gasteiger partial charge in [-0.3, -0.25) is 9.78 Å². The molecule has 0 saturated heterocycles. The predicted octanol–water partition coefficient (Wildman–Crippen LogP) is 4.81. The van der Waals surface area contributed by atoms with E-state index in [1.165, 1.54) is 16.7 Å². The summed E-state index contributed by atoms with van der Waals surface area (Å²) in [6.45, 7) is 0. The lowest BCUT2D eigenvalue weighted by Gasteiger charge is -2.05. The minimum absolute atomic E-state index is 0.286. The lowest BCUT2D eigenvalue weighted by Crippen LogP contribution is -2.03. The second-order valence-electron chi connectivity index (χ2n) is 6.41. The lowest BCUT2D eigenvalue weighted by molar-refractivity contribution is -0.118. The second kappa shape index (κ2) is 8.93. The van der Waals surface area contributed by atoms with Gasteiger partial charge in [-0.1, -0.05) is 60.7 Å². The number of ketones is 1. The molecule has 3 rings (SSSR count). The van der Waals surface area contributed by atoms with Crippen LogP contribution in [-0.4, -0.2) is 10.8 Å². The van der Waals surface area contributed by atoms with E-state index in [2.05, 4.69) is 53.5 Å². The van der Waals surface area contributed by atoms with Gasteiger partial charge in [-0.05, 0) is 47.6 Å². The number of benzene rings is 2.